The number of esters is 4. The first kappa shape index (κ1) is 31.2. The Kier molecular flexibility index (Phi) is 10.1. The molecule has 0 aliphatic heterocycles. The van der Waals surface area contributed by atoms with Gasteiger partial charge in [0.2, 0.25) is 0 Å². The van der Waals surface area contributed by atoms with E-state index in [4.69, 9.17) is 18.9 Å². The quantitative estimate of drug-likeness (QED) is 0.0985. The summed E-state index contributed by atoms with van der Waals surface area (Å²) < 4.78 is 20.8. The highest BCUT2D eigenvalue weighted by atomic mass is 16.6. The van der Waals surface area contributed by atoms with E-state index in [9.17, 15) is 19.2 Å². The van der Waals surface area contributed by atoms with E-state index in [0.29, 0.717) is 12.8 Å². The monoisotopic (exact) mass is 584 g/mol. The fourth-order valence-electron chi connectivity index (χ4n) is 5.40. The van der Waals surface area contributed by atoms with Gasteiger partial charge in [-0.3, -0.25) is 9.59 Å². The third kappa shape index (κ3) is 7.38. The Morgan fingerprint density at radius 2 is 1.07 bits per heavy atom. The van der Waals surface area contributed by atoms with Crippen LogP contribution in [0, 0.1) is 0 Å². The van der Waals surface area contributed by atoms with E-state index in [1.54, 1.807) is 13.8 Å². The first-order valence-corrected chi connectivity index (χ1v) is 14.2. The molecule has 0 fully saturated rings. The Bertz CT molecular complexity index is 1520. The molecule has 224 valence electrons. The molecule has 0 unspecified atom stereocenters. The van der Waals surface area contributed by atoms with Crippen molar-refractivity contribution in [2.75, 3.05) is 26.4 Å². The molecule has 43 heavy (non-hydrogen) atoms. The van der Waals surface area contributed by atoms with Crippen LogP contribution in [-0.4, -0.2) is 50.3 Å². The lowest BCUT2D eigenvalue weighted by molar-refractivity contribution is -0.150. The molecule has 8 nitrogen and oxygen atoms in total. The van der Waals surface area contributed by atoms with Crippen LogP contribution in [0.15, 0.2) is 85.0 Å². The molecule has 0 saturated carbocycles. The Morgan fingerprint density at radius 1 is 0.605 bits per heavy atom. The van der Waals surface area contributed by atoms with Gasteiger partial charge in [-0.25, -0.2) is 9.59 Å². The lowest BCUT2D eigenvalue weighted by Crippen LogP contribution is -2.28. The van der Waals surface area contributed by atoms with Crippen LogP contribution in [-0.2, 0) is 43.5 Å². The zero-order valence-electron chi connectivity index (χ0n) is 24.6. The van der Waals surface area contributed by atoms with Crippen molar-refractivity contribution in [2.45, 2.75) is 44.9 Å². The largest absolute Gasteiger partial charge is 0.462 e. The second-order valence-corrected chi connectivity index (χ2v) is 10.6. The molecule has 3 aromatic carbocycles. The van der Waals surface area contributed by atoms with Gasteiger partial charge in [-0.2, -0.15) is 0 Å². The van der Waals surface area contributed by atoms with Gasteiger partial charge in [-0.15, -0.1) is 0 Å². The van der Waals surface area contributed by atoms with Crippen molar-refractivity contribution in [3.63, 3.8) is 0 Å². The fraction of sp³-hybridized carbons (Fsp3) is 0.314. The summed E-state index contributed by atoms with van der Waals surface area (Å²) in [6.45, 7) is 9.90. The molecule has 0 aromatic heterocycles. The molecule has 1 aliphatic rings. The number of fused-ring (bicyclic) bond motifs is 4. The number of carbonyl (C=O) groups is 4. The van der Waals surface area contributed by atoms with Gasteiger partial charge in [-0.05, 0) is 71.8 Å². The molecule has 0 spiro atoms. The van der Waals surface area contributed by atoms with E-state index in [-0.39, 0.29) is 50.4 Å². The zero-order chi connectivity index (χ0) is 31.0. The van der Waals surface area contributed by atoms with Gasteiger partial charge >= 0.3 is 23.9 Å². The average Bonchev–Trinajstić information content (AvgIpc) is 3.26. The smallest absolute Gasteiger partial charge is 0.333 e. The van der Waals surface area contributed by atoms with Crippen molar-refractivity contribution in [1.82, 2.24) is 0 Å². The summed E-state index contributed by atoms with van der Waals surface area (Å²) in [5.74, 6) is -1.94. The van der Waals surface area contributed by atoms with E-state index in [1.807, 2.05) is 36.4 Å². The minimum Gasteiger partial charge on any atom is -0.462 e. The zero-order valence-corrected chi connectivity index (χ0v) is 24.6. The first-order valence-electron chi connectivity index (χ1n) is 14.2. The highest BCUT2D eigenvalue weighted by molar-refractivity contribution is 5.94. The van der Waals surface area contributed by atoms with Crippen molar-refractivity contribution in [2.24, 2.45) is 0 Å². The number of ether oxygens (including phenoxy) is 4. The van der Waals surface area contributed by atoms with E-state index in [0.717, 1.165) is 33.0 Å². The number of carbonyl (C=O) groups excluding carboxylic acids is 4. The Balaban J connectivity index is 1.54. The number of hydrogen-bond donors (Lipinski definition) is 0. The van der Waals surface area contributed by atoms with Crippen LogP contribution >= 0.6 is 0 Å². The summed E-state index contributed by atoms with van der Waals surface area (Å²) in [6.07, 6.45) is 0.953. The van der Waals surface area contributed by atoms with Crippen LogP contribution in [0.3, 0.4) is 0 Å². The van der Waals surface area contributed by atoms with Gasteiger partial charge < -0.3 is 18.9 Å². The van der Waals surface area contributed by atoms with Gasteiger partial charge in [0.05, 0.1) is 0 Å². The van der Waals surface area contributed by atoms with Crippen molar-refractivity contribution in [1.29, 1.82) is 0 Å². The van der Waals surface area contributed by atoms with Crippen molar-refractivity contribution >= 4 is 34.6 Å². The maximum Gasteiger partial charge on any atom is 0.333 e. The van der Waals surface area contributed by atoms with Gasteiger partial charge in [0, 0.05) is 29.4 Å². The standard InChI is InChI=1S/C35H36O8/c1-23(2)33(38)42-19-17-40-31(36)13-15-35(16-14-32(37)41-18-20-43-34(39)24(3)4)29-12-8-7-11-27(29)28-21-25-9-5-6-10-26(25)22-30(28)35/h5-12,21-22H,1,3,13-20H2,2,4H3. The summed E-state index contributed by atoms with van der Waals surface area (Å²) in [5, 5.41) is 2.15. The second kappa shape index (κ2) is 14.0. The van der Waals surface area contributed by atoms with Gasteiger partial charge in [0.25, 0.3) is 0 Å². The summed E-state index contributed by atoms with van der Waals surface area (Å²) >= 11 is 0. The van der Waals surface area contributed by atoms with Crippen LogP contribution in [0.2, 0.25) is 0 Å². The maximum absolute atomic E-state index is 12.9. The molecule has 3 aromatic rings. The molecule has 0 heterocycles. The maximum atomic E-state index is 12.9. The summed E-state index contributed by atoms with van der Waals surface area (Å²) in [7, 11) is 0. The van der Waals surface area contributed by atoms with Crippen LogP contribution in [0.5, 0.6) is 0 Å². The number of rotatable bonds is 14. The predicted molar refractivity (Wildman–Crippen MR) is 162 cm³/mol. The average molecular weight is 585 g/mol. The topological polar surface area (TPSA) is 105 Å². The fourth-order valence-corrected chi connectivity index (χ4v) is 5.40. The second-order valence-electron chi connectivity index (χ2n) is 10.6. The number of hydrogen-bond acceptors (Lipinski definition) is 8. The minimum absolute atomic E-state index is 0.0618. The molecule has 0 bridgehead atoms. The van der Waals surface area contributed by atoms with E-state index < -0.39 is 29.3 Å². The molecule has 0 amide bonds. The van der Waals surface area contributed by atoms with E-state index in [1.165, 1.54) is 0 Å². The summed E-state index contributed by atoms with van der Waals surface area (Å²) in [6, 6.07) is 20.4. The van der Waals surface area contributed by atoms with Crippen LogP contribution < -0.4 is 0 Å². The normalized spacial score (nSPS) is 12.5. The van der Waals surface area contributed by atoms with Crippen LogP contribution in [0.4, 0.5) is 0 Å². The number of benzene rings is 3. The molecular formula is C35H36O8. The molecular weight excluding hydrogens is 548 g/mol. The Hall–Kier alpha value is -4.72. The predicted octanol–water partition coefficient (Wildman–Crippen LogP) is 5.99. The minimum atomic E-state index is -0.660. The van der Waals surface area contributed by atoms with Crippen LogP contribution in [0.25, 0.3) is 21.9 Å². The highest BCUT2D eigenvalue weighted by Crippen LogP contribution is 2.54. The third-order valence-corrected chi connectivity index (χ3v) is 7.50. The first-order chi connectivity index (χ1) is 20.6. The Morgan fingerprint density at radius 3 is 1.60 bits per heavy atom. The lowest BCUT2D eigenvalue weighted by atomic mass is 9.71. The van der Waals surface area contributed by atoms with Crippen molar-refractivity contribution in [3.05, 3.63) is 96.1 Å². The molecule has 4 rings (SSSR count). The molecule has 0 atom stereocenters. The van der Waals surface area contributed by atoms with Gasteiger partial charge in [-0.1, -0.05) is 61.7 Å². The van der Waals surface area contributed by atoms with Crippen molar-refractivity contribution in [3.8, 4) is 11.1 Å². The highest BCUT2D eigenvalue weighted by Gasteiger charge is 2.43. The molecule has 0 radical (unpaired) electrons. The molecule has 1 aliphatic carbocycles. The summed E-state index contributed by atoms with van der Waals surface area (Å²) in [4.78, 5) is 48.9. The molecule has 8 heteroatoms. The Labute approximate surface area is 251 Å². The van der Waals surface area contributed by atoms with Crippen molar-refractivity contribution < 1.29 is 38.1 Å². The molecule has 0 saturated heterocycles. The molecule has 0 N–H and O–H groups in total. The SMILES string of the molecule is C=C(C)C(=O)OCCOC(=O)CCC1(CCC(=O)OCCOC(=O)C(=C)C)c2ccccc2-c2cc3ccccc3cc21. The summed E-state index contributed by atoms with van der Waals surface area (Å²) in [5.41, 5.74) is 4.08. The van der Waals surface area contributed by atoms with E-state index in [2.05, 4.69) is 37.4 Å². The lowest BCUT2D eigenvalue weighted by Gasteiger charge is -2.32. The van der Waals surface area contributed by atoms with Crippen LogP contribution in [0.1, 0.15) is 50.7 Å². The van der Waals surface area contributed by atoms with Gasteiger partial charge in [0.15, 0.2) is 0 Å². The van der Waals surface area contributed by atoms with Gasteiger partial charge in [0.1, 0.15) is 26.4 Å². The third-order valence-electron chi connectivity index (χ3n) is 7.50. The van der Waals surface area contributed by atoms with E-state index >= 15 is 0 Å².